The van der Waals surface area contributed by atoms with Gasteiger partial charge in [0.1, 0.15) is 9.88 Å². The van der Waals surface area contributed by atoms with Crippen molar-refractivity contribution in [1.29, 1.82) is 0 Å². The highest BCUT2D eigenvalue weighted by molar-refractivity contribution is 7.18. The molecule has 1 fully saturated rings. The van der Waals surface area contributed by atoms with Crippen LogP contribution < -0.4 is 5.32 Å². The standard InChI is InChI=1S/C19H28N2O5S/c1-5-25-18(23)15-13(4)16(19(24)26-6-2)27-17(15)20-14(22)11-21-9-7-12(3)8-10-21/h12H,5-11H2,1-4H3,(H,20,22). The van der Waals surface area contributed by atoms with Crippen molar-refractivity contribution >= 4 is 34.2 Å². The summed E-state index contributed by atoms with van der Waals surface area (Å²) in [5, 5.41) is 3.13. The topological polar surface area (TPSA) is 84.9 Å². The van der Waals surface area contributed by atoms with Crippen LogP contribution in [0.3, 0.4) is 0 Å². The second-order valence-corrected chi connectivity index (χ2v) is 7.73. The van der Waals surface area contributed by atoms with Crippen LogP contribution >= 0.6 is 11.3 Å². The number of esters is 2. The molecule has 1 aliphatic rings. The zero-order valence-corrected chi connectivity index (χ0v) is 17.2. The Labute approximate surface area is 164 Å². The van der Waals surface area contributed by atoms with Crippen molar-refractivity contribution in [2.75, 3.05) is 38.2 Å². The van der Waals surface area contributed by atoms with Crippen molar-refractivity contribution in [1.82, 2.24) is 4.90 Å². The molecule has 1 N–H and O–H groups in total. The van der Waals surface area contributed by atoms with Gasteiger partial charge in [0.25, 0.3) is 0 Å². The van der Waals surface area contributed by atoms with Crippen LogP contribution in [-0.2, 0) is 14.3 Å². The van der Waals surface area contributed by atoms with Crippen molar-refractivity contribution in [3.8, 4) is 0 Å². The average Bonchev–Trinajstić information content (AvgIpc) is 2.93. The Hall–Kier alpha value is -1.93. The summed E-state index contributed by atoms with van der Waals surface area (Å²) in [6.07, 6.45) is 2.15. The number of hydrogen-bond acceptors (Lipinski definition) is 7. The van der Waals surface area contributed by atoms with Gasteiger partial charge in [-0.3, -0.25) is 9.69 Å². The summed E-state index contributed by atoms with van der Waals surface area (Å²) >= 11 is 1.05. The predicted octanol–water partition coefficient (Wildman–Crippen LogP) is 3.08. The number of nitrogens with one attached hydrogen (secondary N) is 1. The van der Waals surface area contributed by atoms with Gasteiger partial charge in [0.15, 0.2) is 0 Å². The fraction of sp³-hybridized carbons (Fsp3) is 0.632. The Morgan fingerprint density at radius 1 is 1.11 bits per heavy atom. The van der Waals surface area contributed by atoms with Crippen molar-refractivity contribution in [3.63, 3.8) is 0 Å². The van der Waals surface area contributed by atoms with Crippen LogP contribution in [0.4, 0.5) is 5.00 Å². The first kappa shape index (κ1) is 21.4. The second kappa shape index (κ2) is 9.85. The number of ether oxygens (including phenoxy) is 2. The number of carbonyl (C=O) groups is 3. The van der Waals surface area contributed by atoms with E-state index in [9.17, 15) is 14.4 Å². The first-order valence-corrected chi connectivity index (χ1v) is 10.2. The molecule has 2 heterocycles. The molecule has 1 aromatic rings. The van der Waals surface area contributed by atoms with E-state index in [1.54, 1.807) is 20.8 Å². The van der Waals surface area contributed by atoms with E-state index in [0.717, 1.165) is 37.3 Å². The molecule has 0 radical (unpaired) electrons. The van der Waals surface area contributed by atoms with Crippen LogP contribution in [0.1, 0.15) is 59.2 Å². The Kier molecular flexibility index (Phi) is 7.79. The normalized spacial score (nSPS) is 15.4. The SMILES string of the molecule is CCOC(=O)c1sc(NC(=O)CN2CCC(C)CC2)c(C(=O)OCC)c1C. The highest BCUT2D eigenvalue weighted by Crippen LogP contribution is 2.34. The summed E-state index contributed by atoms with van der Waals surface area (Å²) in [7, 11) is 0. The number of rotatable bonds is 7. The molecule has 0 aromatic carbocycles. The number of thiophene rings is 1. The molecule has 1 aromatic heterocycles. The third kappa shape index (κ3) is 5.52. The molecule has 7 nitrogen and oxygen atoms in total. The van der Waals surface area contributed by atoms with Crippen LogP contribution in [0.25, 0.3) is 0 Å². The lowest BCUT2D eigenvalue weighted by Crippen LogP contribution is -2.38. The van der Waals surface area contributed by atoms with E-state index >= 15 is 0 Å². The van der Waals surface area contributed by atoms with Crippen LogP contribution in [0.5, 0.6) is 0 Å². The third-order valence-corrected chi connectivity index (χ3v) is 5.77. The van der Waals surface area contributed by atoms with E-state index in [2.05, 4.69) is 17.1 Å². The van der Waals surface area contributed by atoms with Gasteiger partial charge in [0.2, 0.25) is 5.91 Å². The van der Waals surface area contributed by atoms with E-state index in [1.165, 1.54) is 0 Å². The lowest BCUT2D eigenvalue weighted by atomic mass is 9.99. The number of carbonyl (C=O) groups excluding carboxylic acids is 3. The van der Waals surface area contributed by atoms with Gasteiger partial charge in [0, 0.05) is 0 Å². The number of piperidine rings is 1. The minimum absolute atomic E-state index is 0.202. The van der Waals surface area contributed by atoms with Crippen molar-refractivity contribution in [3.05, 3.63) is 16.0 Å². The first-order chi connectivity index (χ1) is 12.9. The van der Waals surface area contributed by atoms with E-state index in [0.29, 0.717) is 21.4 Å². The zero-order chi connectivity index (χ0) is 20.0. The lowest BCUT2D eigenvalue weighted by Gasteiger charge is -2.29. The average molecular weight is 397 g/mol. The maximum Gasteiger partial charge on any atom is 0.348 e. The molecule has 150 valence electrons. The van der Waals surface area contributed by atoms with Gasteiger partial charge in [-0.15, -0.1) is 11.3 Å². The van der Waals surface area contributed by atoms with E-state index in [-0.39, 0.29) is 31.2 Å². The Morgan fingerprint density at radius 3 is 2.30 bits per heavy atom. The summed E-state index contributed by atoms with van der Waals surface area (Å²) in [6, 6.07) is 0. The maximum absolute atomic E-state index is 12.5. The fourth-order valence-corrected chi connectivity index (χ4v) is 4.14. The van der Waals surface area contributed by atoms with Gasteiger partial charge in [-0.1, -0.05) is 6.92 Å². The van der Waals surface area contributed by atoms with E-state index in [4.69, 9.17) is 9.47 Å². The Bertz CT molecular complexity index is 693. The fourth-order valence-electron chi connectivity index (χ4n) is 3.03. The quantitative estimate of drug-likeness (QED) is 0.713. The first-order valence-electron chi connectivity index (χ1n) is 9.37. The number of hydrogen-bond donors (Lipinski definition) is 1. The van der Waals surface area contributed by atoms with E-state index < -0.39 is 11.9 Å². The maximum atomic E-state index is 12.5. The third-order valence-electron chi connectivity index (χ3n) is 4.58. The molecule has 8 heteroatoms. The van der Waals surface area contributed by atoms with Crippen LogP contribution in [-0.4, -0.2) is 55.6 Å². The molecular formula is C19H28N2O5S. The minimum atomic E-state index is -0.552. The van der Waals surface area contributed by atoms with Crippen molar-refractivity contribution in [2.45, 2.75) is 40.5 Å². The Morgan fingerprint density at radius 2 is 1.70 bits per heavy atom. The van der Waals surface area contributed by atoms with Gasteiger partial charge in [-0.2, -0.15) is 0 Å². The predicted molar refractivity (Wildman–Crippen MR) is 104 cm³/mol. The van der Waals surface area contributed by atoms with Gasteiger partial charge in [-0.05, 0) is 58.2 Å². The minimum Gasteiger partial charge on any atom is -0.462 e. The lowest BCUT2D eigenvalue weighted by molar-refractivity contribution is -0.117. The number of nitrogens with zero attached hydrogens (tertiary/aromatic N) is 1. The molecule has 1 amide bonds. The van der Waals surface area contributed by atoms with Crippen LogP contribution in [0, 0.1) is 12.8 Å². The summed E-state index contributed by atoms with van der Waals surface area (Å²) in [5.74, 6) is -0.571. The molecule has 0 spiro atoms. The molecule has 0 unspecified atom stereocenters. The van der Waals surface area contributed by atoms with Crippen molar-refractivity contribution < 1.29 is 23.9 Å². The van der Waals surface area contributed by atoms with E-state index in [1.807, 2.05) is 0 Å². The van der Waals surface area contributed by atoms with Gasteiger partial charge in [0.05, 0.1) is 25.3 Å². The van der Waals surface area contributed by atoms with Crippen LogP contribution in [0.2, 0.25) is 0 Å². The summed E-state index contributed by atoms with van der Waals surface area (Å²) in [4.78, 5) is 39.4. The molecule has 0 saturated carbocycles. The molecule has 0 aliphatic carbocycles. The summed E-state index contributed by atoms with van der Waals surface area (Å²) in [5.41, 5.74) is 0.699. The Balaban J connectivity index is 2.17. The molecule has 1 saturated heterocycles. The highest BCUT2D eigenvalue weighted by atomic mass is 32.1. The van der Waals surface area contributed by atoms with Crippen LogP contribution in [0.15, 0.2) is 0 Å². The number of likely N-dealkylation sites (tertiary alicyclic amines) is 1. The second-order valence-electron chi connectivity index (χ2n) is 6.71. The molecule has 0 bridgehead atoms. The van der Waals surface area contributed by atoms with Gasteiger partial charge >= 0.3 is 11.9 Å². The summed E-state index contributed by atoms with van der Waals surface area (Å²) in [6.45, 7) is 9.79. The summed E-state index contributed by atoms with van der Waals surface area (Å²) < 4.78 is 10.2. The molecule has 2 rings (SSSR count). The monoisotopic (exact) mass is 396 g/mol. The molecule has 0 atom stereocenters. The molecular weight excluding hydrogens is 368 g/mol. The molecule has 27 heavy (non-hydrogen) atoms. The van der Waals surface area contributed by atoms with Crippen molar-refractivity contribution in [2.24, 2.45) is 5.92 Å². The van der Waals surface area contributed by atoms with Gasteiger partial charge in [-0.25, -0.2) is 9.59 Å². The van der Waals surface area contributed by atoms with Gasteiger partial charge < -0.3 is 14.8 Å². The molecule has 1 aliphatic heterocycles. The largest absolute Gasteiger partial charge is 0.462 e. The smallest absolute Gasteiger partial charge is 0.348 e. The highest BCUT2D eigenvalue weighted by Gasteiger charge is 2.28. The number of amides is 1. The number of anilines is 1. The zero-order valence-electron chi connectivity index (χ0n) is 16.4.